The van der Waals surface area contributed by atoms with Crippen molar-refractivity contribution in [3.8, 4) is 0 Å². The van der Waals surface area contributed by atoms with Crippen LogP contribution in [-0.4, -0.2) is 30.7 Å². The van der Waals surface area contributed by atoms with Crippen molar-refractivity contribution in [3.05, 3.63) is 0 Å². The predicted molar refractivity (Wildman–Crippen MR) is 66.4 cm³/mol. The molecular formula is C13H24N2O2. The summed E-state index contributed by atoms with van der Waals surface area (Å²) < 4.78 is 5.71. The third-order valence-electron chi connectivity index (χ3n) is 4.40. The van der Waals surface area contributed by atoms with Gasteiger partial charge >= 0.3 is 0 Å². The first-order chi connectivity index (χ1) is 8.02. The molecule has 2 rings (SSSR count). The Balaban J connectivity index is 1.89. The number of carbonyl (C=O) groups excluding carboxylic acids is 1. The van der Waals surface area contributed by atoms with Crippen molar-refractivity contribution in [2.45, 2.75) is 51.8 Å². The monoisotopic (exact) mass is 240 g/mol. The summed E-state index contributed by atoms with van der Waals surface area (Å²) in [5, 5.41) is 3.06. The fourth-order valence-corrected chi connectivity index (χ4v) is 2.72. The Labute approximate surface area is 103 Å². The van der Waals surface area contributed by atoms with E-state index in [1.165, 1.54) is 0 Å². The van der Waals surface area contributed by atoms with Gasteiger partial charge in [0.05, 0.1) is 12.1 Å². The number of amides is 1. The zero-order chi connectivity index (χ0) is 12.6. The van der Waals surface area contributed by atoms with Crippen LogP contribution in [0.4, 0.5) is 0 Å². The normalized spacial score (nSPS) is 38.2. The van der Waals surface area contributed by atoms with E-state index in [2.05, 4.69) is 19.2 Å². The van der Waals surface area contributed by atoms with Crippen molar-refractivity contribution in [1.29, 1.82) is 0 Å². The van der Waals surface area contributed by atoms with Gasteiger partial charge < -0.3 is 15.8 Å². The van der Waals surface area contributed by atoms with Gasteiger partial charge in [-0.3, -0.25) is 4.79 Å². The van der Waals surface area contributed by atoms with Crippen LogP contribution in [0.1, 0.15) is 33.6 Å². The lowest BCUT2D eigenvalue weighted by Gasteiger charge is -2.52. The number of fused-ring (bicyclic) bond motifs is 1. The first-order valence-electron chi connectivity index (χ1n) is 6.70. The molecule has 17 heavy (non-hydrogen) atoms. The van der Waals surface area contributed by atoms with Crippen LogP contribution in [0, 0.1) is 17.8 Å². The largest absolute Gasteiger partial charge is 0.376 e. The minimum Gasteiger partial charge on any atom is -0.376 e. The number of ether oxygens (including phenoxy) is 1. The molecule has 1 aliphatic heterocycles. The summed E-state index contributed by atoms with van der Waals surface area (Å²) in [6.45, 7) is 6.89. The Hall–Kier alpha value is -0.610. The minimum absolute atomic E-state index is 0.0222. The molecule has 0 aromatic rings. The van der Waals surface area contributed by atoms with Gasteiger partial charge in [-0.25, -0.2) is 0 Å². The highest BCUT2D eigenvalue weighted by molar-refractivity contribution is 5.79. The molecule has 1 saturated heterocycles. The van der Waals surface area contributed by atoms with Crippen LogP contribution in [0.3, 0.4) is 0 Å². The molecule has 2 fully saturated rings. The molecule has 0 aromatic carbocycles. The minimum atomic E-state index is 0.0222. The fourth-order valence-electron chi connectivity index (χ4n) is 2.72. The van der Waals surface area contributed by atoms with Crippen LogP contribution in [0.2, 0.25) is 0 Å². The third kappa shape index (κ3) is 2.33. The van der Waals surface area contributed by atoms with Crippen molar-refractivity contribution in [2.75, 3.05) is 6.61 Å². The maximum absolute atomic E-state index is 12.0. The van der Waals surface area contributed by atoms with Crippen LogP contribution in [-0.2, 0) is 9.53 Å². The molecule has 1 aliphatic carbocycles. The van der Waals surface area contributed by atoms with E-state index in [0.29, 0.717) is 11.8 Å². The van der Waals surface area contributed by atoms with E-state index in [1.807, 2.05) is 6.92 Å². The lowest BCUT2D eigenvalue weighted by Crippen LogP contribution is -2.72. The second-order valence-electron chi connectivity index (χ2n) is 5.79. The molecule has 5 unspecified atom stereocenters. The van der Waals surface area contributed by atoms with Gasteiger partial charge in [0.1, 0.15) is 0 Å². The van der Waals surface area contributed by atoms with Crippen molar-refractivity contribution < 1.29 is 9.53 Å². The molecule has 5 atom stereocenters. The van der Waals surface area contributed by atoms with Gasteiger partial charge in [-0.15, -0.1) is 0 Å². The van der Waals surface area contributed by atoms with Gasteiger partial charge in [-0.2, -0.15) is 0 Å². The standard InChI is InChI=1S/C13H24N2O2/c1-7(2)8(3)13(16)15-11-10(14)9-5-4-6-17-12(9)11/h7-12H,4-6,14H2,1-3H3,(H,15,16). The highest BCUT2D eigenvalue weighted by Gasteiger charge is 2.51. The van der Waals surface area contributed by atoms with Crippen LogP contribution >= 0.6 is 0 Å². The molecule has 0 radical (unpaired) electrons. The molecule has 3 N–H and O–H groups in total. The van der Waals surface area contributed by atoms with E-state index < -0.39 is 0 Å². The van der Waals surface area contributed by atoms with Crippen LogP contribution in [0.5, 0.6) is 0 Å². The van der Waals surface area contributed by atoms with Gasteiger partial charge in [0.2, 0.25) is 5.91 Å². The number of rotatable bonds is 3. The Bertz CT molecular complexity index is 293. The van der Waals surface area contributed by atoms with Gasteiger partial charge in [-0.1, -0.05) is 20.8 Å². The summed E-state index contributed by atoms with van der Waals surface area (Å²) in [6, 6.07) is 0.0950. The van der Waals surface area contributed by atoms with Crippen LogP contribution in [0.25, 0.3) is 0 Å². The van der Waals surface area contributed by atoms with E-state index in [4.69, 9.17) is 10.5 Å². The smallest absolute Gasteiger partial charge is 0.223 e. The zero-order valence-corrected chi connectivity index (χ0v) is 11.0. The summed E-state index contributed by atoms with van der Waals surface area (Å²) in [6.07, 6.45) is 2.39. The second-order valence-corrected chi connectivity index (χ2v) is 5.79. The van der Waals surface area contributed by atoms with Crippen LogP contribution < -0.4 is 11.1 Å². The maximum atomic E-state index is 12.0. The Morgan fingerprint density at radius 2 is 2.12 bits per heavy atom. The first kappa shape index (κ1) is 12.8. The Morgan fingerprint density at radius 1 is 1.41 bits per heavy atom. The van der Waals surface area contributed by atoms with E-state index in [1.54, 1.807) is 0 Å². The van der Waals surface area contributed by atoms with E-state index in [-0.39, 0.29) is 30.0 Å². The highest BCUT2D eigenvalue weighted by Crippen LogP contribution is 2.37. The number of nitrogens with two attached hydrogens (primary N) is 1. The average molecular weight is 240 g/mol. The maximum Gasteiger partial charge on any atom is 0.223 e. The fraction of sp³-hybridized carbons (Fsp3) is 0.923. The van der Waals surface area contributed by atoms with Crippen LogP contribution in [0.15, 0.2) is 0 Å². The summed E-state index contributed by atoms with van der Waals surface area (Å²) in [7, 11) is 0. The molecule has 0 spiro atoms. The zero-order valence-electron chi connectivity index (χ0n) is 11.0. The third-order valence-corrected chi connectivity index (χ3v) is 4.40. The van der Waals surface area contributed by atoms with Gasteiger partial charge in [0.25, 0.3) is 0 Å². The van der Waals surface area contributed by atoms with Crippen molar-refractivity contribution in [3.63, 3.8) is 0 Å². The summed E-state index contributed by atoms with van der Waals surface area (Å²) in [4.78, 5) is 12.0. The number of nitrogens with one attached hydrogen (secondary N) is 1. The van der Waals surface area contributed by atoms with Gasteiger partial charge in [-0.05, 0) is 18.8 Å². The molecule has 0 aromatic heterocycles. The van der Waals surface area contributed by atoms with Crippen molar-refractivity contribution in [2.24, 2.45) is 23.5 Å². The highest BCUT2D eigenvalue weighted by atomic mass is 16.5. The summed E-state index contributed by atoms with van der Waals surface area (Å²) in [5.74, 6) is 0.940. The second kappa shape index (κ2) is 4.94. The summed E-state index contributed by atoms with van der Waals surface area (Å²) >= 11 is 0. The summed E-state index contributed by atoms with van der Waals surface area (Å²) in [5.41, 5.74) is 6.11. The molecule has 4 nitrogen and oxygen atoms in total. The van der Waals surface area contributed by atoms with Gasteiger partial charge in [0.15, 0.2) is 0 Å². The average Bonchev–Trinajstić information content (AvgIpc) is 2.34. The first-order valence-corrected chi connectivity index (χ1v) is 6.70. The number of hydrogen-bond acceptors (Lipinski definition) is 3. The lowest BCUT2D eigenvalue weighted by molar-refractivity contribution is -0.142. The number of hydrogen-bond donors (Lipinski definition) is 2. The molecule has 4 heteroatoms. The number of carbonyl (C=O) groups is 1. The molecule has 2 aliphatic rings. The Kier molecular flexibility index (Phi) is 3.73. The van der Waals surface area contributed by atoms with E-state index >= 15 is 0 Å². The SMILES string of the molecule is CC(C)C(C)C(=O)NC1C(N)C2CCCOC21. The molecule has 1 saturated carbocycles. The van der Waals surface area contributed by atoms with Gasteiger partial charge in [0, 0.05) is 24.5 Å². The van der Waals surface area contributed by atoms with Crippen molar-refractivity contribution in [1.82, 2.24) is 5.32 Å². The lowest BCUT2D eigenvalue weighted by atomic mass is 9.68. The quantitative estimate of drug-likeness (QED) is 0.770. The molecule has 1 amide bonds. The van der Waals surface area contributed by atoms with E-state index in [9.17, 15) is 4.79 Å². The molecular weight excluding hydrogens is 216 g/mol. The van der Waals surface area contributed by atoms with E-state index in [0.717, 1.165) is 19.4 Å². The topological polar surface area (TPSA) is 64.4 Å². The molecule has 98 valence electrons. The van der Waals surface area contributed by atoms with Crippen molar-refractivity contribution >= 4 is 5.91 Å². The Morgan fingerprint density at radius 3 is 2.76 bits per heavy atom. The molecule has 0 bridgehead atoms. The predicted octanol–water partition coefficient (Wildman–Crippen LogP) is 0.899. The molecule has 1 heterocycles.